The fourth-order valence-electron chi connectivity index (χ4n) is 2.47. The molecular formula is C20H26N2O3. The van der Waals surface area contributed by atoms with Crippen LogP contribution in [-0.2, 0) is 22.9 Å². The van der Waals surface area contributed by atoms with E-state index in [1.54, 1.807) is 6.07 Å². The van der Waals surface area contributed by atoms with E-state index in [1.165, 1.54) is 5.56 Å². The lowest BCUT2D eigenvalue weighted by Gasteiger charge is -2.16. The molecule has 0 aromatic heterocycles. The van der Waals surface area contributed by atoms with Crippen LogP contribution in [-0.4, -0.2) is 50.1 Å². The van der Waals surface area contributed by atoms with Gasteiger partial charge in [0.15, 0.2) is 0 Å². The van der Waals surface area contributed by atoms with Crippen LogP contribution in [0.1, 0.15) is 21.5 Å². The number of carbonyl (C=O) groups is 1. The molecule has 0 atom stereocenters. The summed E-state index contributed by atoms with van der Waals surface area (Å²) in [7, 11) is 5.98. The Morgan fingerprint density at radius 3 is 2.36 bits per heavy atom. The maximum Gasteiger partial charge on any atom is 0.373 e. The Kier molecular flexibility index (Phi) is 7.60. The van der Waals surface area contributed by atoms with Gasteiger partial charge in [0.25, 0.3) is 0 Å². The lowest BCUT2D eigenvalue weighted by atomic mass is 10.1. The molecule has 0 aliphatic rings. The predicted octanol–water partition coefficient (Wildman–Crippen LogP) is 2.97. The van der Waals surface area contributed by atoms with Gasteiger partial charge in [-0.1, -0.05) is 42.5 Å². The first-order valence-corrected chi connectivity index (χ1v) is 8.34. The quantitative estimate of drug-likeness (QED) is 0.398. The Labute approximate surface area is 149 Å². The average Bonchev–Trinajstić information content (AvgIpc) is 2.59. The van der Waals surface area contributed by atoms with Crippen molar-refractivity contribution >= 4 is 5.97 Å². The van der Waals surface area contributed by atoms with Gasteiger partial charge in [-0.25, -0.2) is 4.79 Å². The molecule has 2 rings (SSSR count). The minimum atomic E-state index is -0.466. The highest BCUT2D eigenvalue weighted by Gasteiger charge is 2.10. The fourth-order valence-corrected chi connectivity index (χ4v) is 2.47. The molecule has 5 nitrogen and oxygen atoms in total. The van der Waals surface area contributed by atoms with Crippen LogP contribution < -0.4 is 0 Å². The van der Waals surface area contributed by atoms with Gasteiger partial charge in [-0.05, 0) is 44.4 Å². The molecule has 134 valence electrons. The highest BCUT2D eigenvalue weighted by atomic mass is 17.2. The summed E-state index contributed by atoms with van der Waals surface area (Å²) in [4.78, 5) is 26.2. The molecule has 0 amide bonds. The van der Waals surface area contributed by atoms with Crippen molar-refractivity contribution in [2.45, 2.75) is 13.1 Å². The fraction of sp³-hybridized carbons (Fsp3) is 0.350. The van der Waals surface area contributed by atoms with Gasteiger partial charge in [0.05, 0.1) is 5.56 Å². The SMILES string of the molecule is CN(C)Cc1cccc(C(=O)OOCCN(C)Cc2ccccc2)c1. The summed E-state index contributed by atoms with van der Waals surface area (Å²) in [5.74, 6) is -0.466. The van der Waals surface area contributed by atoms with Crippen molar-refractivity contribution in [3.8, 4) is 0 Å². The van der Waals surface area contributed by atoms with Crippen LogP contribution in [0.3, 0.4) is 0 Å². The Bertz CT molecular complexity index is 659. The molecule has 2 aromatic carbocycles. The second-order valence-electron chi connectivity index (χ2n) is 6.35. The number of nitrogens with zero attached hydrogens (tertiary/aromatic N) is 2. The summed E-state index contributed by atoms with van der Waals surface area (Å²) in [6, 6.07) is 17.6. The van der Waals surface area contributed by atoms with Crippen LogP contribution in [0.4, 0.5) is 0 Å². The van der Waals surface area contributed by atoms with Crippen LogP contribution in [0.15, 0.2) is 54.6 Å². The van der Waals surface area contributed by atoms with Gasteiger partial charge in [0, 0.05) is 19.6 Å². The first kappa shape index (κ1) is 19.1. The van der Waals surface area contributed by atoms with E-state index in [9.17, 15) is 4.79 Å². The van der Waals surface area contributed by atoms with Crippen molar-refractivity contribution in [1.82, 2.24) is 9.80 Å². The van der Waals surface area contributed by atoms with Gasteiger partial charge in [-0.3, -0.25) is 9.79 Å². The molecule has 0 radical (unpaired) electrons. The first-order chi connectivity index (χ1) is 12.0. The summed E-state index contributed by atoms with van der Waals surface area (Å²) < 4.78 is 0. The maximum absolute atomic E-state index is 12.0. The number of carbonyl (C=O) groups excluding carboxylic acids is 1. The largest absolute Gasteiger partial charge is 0.373 e. The van der Waals surface area contributed by atoms with E-state index in [1.807, 2.05) is 62.4 Å². The highest BCUT2D eigenvalue weighted by Crippen LogP contribution is 2.09. The Hall–Kier alpha value is -2.21. The van der Waals surface area contributed by atoms with Crippen molar-refractivity contribution < 1.29 is 14.6 Å². The zero-order valence-electron chi connectivity index (χ0n) is 15.1. The second-order valence-corrected chi connectivity index (χ2v) is 6.35. The number of likely N-dealkylation sites (N-methyl/N-ethyl adjacent to an activating group) is 1. The molecule has 5 heteroatoms. The zero-order chi connectivity index (χ0) is 18.1. The Morgan fingerprint density at radius 1 is 0.920 bits per heavy atom. The average molecular weight is 342 g/mol. The van der Waals surface area contributed by atoms with Crippen LogP contribution in [0.5, 0.6) is 0 Å². The Morgan fingerprint density at radius 2 is 1.64 bits per heavy atom. The summed E-state index contributed by atoms with van der Waals surface area (Å²) in [6.07, 6.45) is 0. The topological polar surface area (TPSA) is 42.0 Å². The van der Waals surface area contributed by atoms with Gasteiger partial charge in [-0.2, -0.15) is 4.89 Å². The van der Waals surface area contributed by atoms with E-state index in [2.05, 4.69) is 17.0 Å². The zero-order valence-corrected chi connectivity index (χ0v) is 15.1. The van der Waals surface area contributed by atoms with E-state index < -0.39 is 5.97 Å². The van der Waals surface area contributed by atoms with Crippen molar-refractivity contribution in [3.63, 3.8) is 0 Å². The summed E-state index contributed by atoms with van der Waals surface area (Å²) in [5, 5.41) is 0. The minimum Gasteiger partial charge on any atom is -0.305 e. The van der Waals surface area contributed by atoms with Crippen LogP contribution in [0.2, 0.25) is 0 Å². The third kappa shape index (κ3) is 7.05. The molecule has 0 saturated carbocycles. The summed E-state index contributed by atoms with van der Waals surface area (Å²) >= 11 is 0. The van der Waals surface area contributed by atoms with E-state index in [0.29, 0.717) is 18.7 Å². The maximum atomic E-state index is 12.0. The molecule has 25 heavy (non-hydrogen) atoms. The molecule has 2 aromatic rings. The van der Waals surface area contributed by atoms with Gasteiger partial charge < -0.3 is 4.90 Å². The number of hydrogen-bond donors (Lipinski definition) is 0. The van der Waals surface area contributed by atoms with Gasteiger partial charge in [0.2, 0.25) is 0 Å². The molecule has 0 aliphatic heterocycles. The molecule has 0 saturated heterocycles. The van der Waals surface area contributed by atoms with Crippen LogP contribution in [0, 0.1) is 0 Å². The summed E-state index contributed by atoms with van der Waals surface area (Å²) in [6.45, 7) is 2.59. The molecular weight excluding hydrogens is 316 g/mol. The molecule has 0 bridgehead atoms. The number of rotatable bonds is 9. The van der Waals surface area contributed by atoms with Gasteiger partial charge in [-0.15, -0.1) is 0 Å². The van der Waals surface area contributed by atoms with Crippen molar-refractivity contribution in [1.29, 1.82) is 0 Å². The second kappa shape index (κ2) is 9.93. The van der Waals surface area contributed by atoms with E-state index >= 15 is 0 Å². The molecule has 0 fully saturated rings. The van der Waals surface area contributed by atoms with Crippen LogP contribution in [0.25, 0.3) is 0 Å². The number of benzene rings is 2. The Balaban J connectivity index is 1.71. The van der Waals surface area contributed by atoms with Gasteiger partial charge >= 0.3 is 5.97 Å². The van der Waals surface area contributed by atoms with E-state index in [4.69, 9.17) is 9.78 Å². The predicted molar refractivity (Wildman–Crippen MR) is 98.0 cm³/mol. The molecule has 0 unspecified atom stereocenters. The van der Waals surface area contributed by atoms with Gasteiger partial charge in [0.1, 0.15) is 6.61 Å². The first-order valence-electron chi connectivity index (χ1n) is 8.34. The molecule has 0 aliphatic carbocycles. The van der Waals surface area contributed by atoms with Crippen molar-refractivity contribution in [2.24, 2.45) is 0 Å². The molecule has 0 N–H and O–H groups in total. The normalized spacial score (nSPS) is 11.1. The lowest BCUT2D eigenvalue weighted by molar-refractivity contribution is -0.242. The van der Waals surface area contributed by atoms with E-state index in [-0.39, 0.29) is 0 Å². The molecule has 0 spiro atoms. The smallest absolute Gasteiger partial charge is 0.305 e. The number of hydrogen-bond acceptors (Lipinski definition) is 5. The monoisotopic (exact) mass is 342 g/mol. The minimum absolute atomic E-state index is 0.326. The standard InChI is InChI=1S/C20H26N2O3/c1-21(2)15-18-10-7-11-19(14-18)20(23)25-24-13-12-22(3)16-17-8-5-4-6-9-17/h4-11,14H,12-13,15-16H2,1-3H3. The highest BCUT2D eigenvalue weighted by molar-refractivity contribution is 5.89. The van der Waals surface area contributed by atoms with Crippen LogP contribution >= 0.6 is 0 Å². The third-order valence-corrected chi connectivity index (χ3v) is 3.65. The third-order valence-electron chi connectivity index (χ3n) is 3.65. The lowest BCUT2D eigenvalue weighted by Crippen LogP contribution is -2.23. The van der Waals surface area contributed by atoms with Crippen molar-refractivity contribution in [2.75, 3.05) is 34.3 Å². The van der Waals surface area contributed by atoms with Crippen molar-refractivity contribution in [3.05, 3.63) is 71.3 Å². The molecule has 0 heterocycles. The van der Waals surface area contributed by atoms with E-state index in [0.717, 1.165) is 18.7 Å². The summed E-state index contributed by atoms with van der Waals surface area (Å²) in [5.41, 5.74) is 2.79.